The van der Waals surface area contributed by atoms with Crippen LogP contribution in [-0.2, 0) is 14.3 Å². The average molecular weight is 376 g/mol. The molecule has 0 aliphatic rings. The lowest BCUT2D eigenvalue weighted by molar-refractivity contribution is -0.148. The van der Waals surface area contributed by atoms with Gasteiger partial charge in [-0.3, -0.25) is 4.79 Å². The van der Waals surface area contributed by atoms with Crippen LogP contribution in [-0.4, -0.2) is 30.1 Å². The molecule has 3 rings (SSSR count). The van der Waals surface area contributed by atoms with Gasteiger partial charge in [0.2, 0.25) is 0 Å². The second-order valence-corrected chi connectivity index (χ2v) is 6.03. The number of amides is 1. The summed E-state index contributed by atoms with van der Waals surface area (Å²) in [6, 6.07) is 18.4. The highest BCUT2D eigenvalue weighted by Crippen LogP contribution is 2.23. The van der Waals surface area contributed by atoms with E-state index in [0.29, 0.717) is 17.1 Å². The van der Waals surface area contributed by atoms with Crippen molar-refractivity contribution in [1.82, 2.24) is 4.98 Å². The molecule has 0 bridgehead atoms. The number of ether oxygens (including phenoxy) is 2. The molecule has 3 aromatic rings. The Kier molecular flexibility index (Phi) is 6.01. The first-order valence-corrected chi connectivity index (χ1v) is 8.75. The minimum Gasteiger partial charge on any atom is -0.495 e. The normalized spacial score (nSPS) is 11.9. The van der Waals surface area contributed by atoms with Crippen molar-refractivity contribution in [2.75, 3.05) is 12.4 Å². The van der Waals surface area contributed by atoms with Gasteiger partial charge >= 0.3 is 5.97 Å². The van der Waals surface area contributed by atoms with Crippen LogP contribution in [0, 0.1) is 0 Å². The summed E-state index contributed by atoms with van der Waals surface area (Å²) >= 11 is 0. The molecule has 0 radical (unpaired) electrons. The summed E-state index contributed by atoms with van der Waals surface area (Å²) in [7, 11) is 1.51. The summed E-state index contributed by atoms with van der Waals surface area (Å²) in [6.45, 7) is 1.50. The third-order valence-electron chi connectivity index (χ3n) is 4.04. The Morgan fingerprint density at radius 1 is 1.04 bits per heavy atom. The fourth-order valence-corrected chi connectivity index (χ4v) is 2.58. The number of hydrogen-bond donors (Lipinski definition) is 1. The number of para-hydroxylation sites is 3. The van der Waals surface area contributed by atoms with E-state index in [1.54, 1.807) is 30.3 Å². The second-order valence-electron chi connectivity index (χ2n) is 6.03. The van der Waals surface area contributed by atoms with Gasteiger partial charge in [0.05, 0.1) is 24.0 Å². The van der Waals surface area contributed by atoms with Gasteiger partial charge < -0.3 is 14.8 Å². The molecular weight excluding hydrogens is 356 g/mol. The second kappa shape index (κ2) is 8.81. The Hall–Kier alpha value is -3.67. The quantitative estimate of drug-likeness (QED) is 0.523. The number of esters is 1. The van der Waals surface area contributed by atoms with Crippen LogP contribution in [0.15, 0.2) is 66.7 Å². The van der Waals surface area contributed by atoms with Gasteiger partial charge in [-0.25, -0.2) is 9.78 Å². The Morgan fingerprint density at radius 3 is 2.61 bits per heavy atom. The van der Waals surface area contributed by atoms with E-state index in [9.17, 15) is 9.59 Å². The molecule has 2 aromatic carbocycles. The number of carbonyl (C=O) groups excluding carboxylic acids is 2. The number of nitrogens with one attached hydrogen (secondary N) is 1. The molecule has 0 spiro atoms. The van der Waals surface area contributed by atoms with Gasteiger partial charge in [-0.15, -0.1) is 0 Å². The molecule has 28 heavy (non-hydrogen) atoms. The highest BCUT2D eigenvalue weighted by Gasteiger charge is 2.18. The smallest absolute Gasteiger partial charge is 0.331 e. The first-order chi connectivity index (χ1) is 13.6. The van der Waals surface area contributed by atoms with Gasteiger partial charge in [0.1, 0.15) is 5.75 Å². The number of fused-ring (bicyclic) bond motifs is 1. The van der Waals surface area contributed by atoms with E-state index in [2.05, 4.69) is 10.3 Å². The number of nitrogens with zero attached hydrogens (tertiary/aromatic N) is 1. The van der Waals surface area contributed by atoms with E-state index in [0.717, 1.165) is 10.9 Å². The van der Waals surface area contributed by atoms with Gasteiger partial charge in [0.25, 0.3) is 5.91 Å². The number of pyridine rings is 1. The van der Waals surface area contributed by atoms with E-state index >= 15 is 0 Å². The monoisotopic (exact) mass is 376 g/mol. The molecule has 142 valence electrons. The SMILES string of the molecule is COc1ccccc1NC(=O)C(C)OC(=O)/C=C/c1ccc2ccccc2n1. The van der Waals surface area contributed by atoms with Crippen LogP contribution in [0.25, 0.3) is 17.0 Å². The van der Waals surface area contributed by atoms with Crippen molar-refractivity contribution < 1.29 is 19.1 Å². The van der Waals surface area contributed by atoms with Crippen LogP contribution in [0.2, 0.25) is 0 Å². The maximum atomic E-state index is 12.3. The molecule has 6 nitrogen and oxygen atoms in total. The first-order valence-electron chi connectivity index (χ1n) is 8.75. The predicted molar refractivity (Wildman–Crippen MR) is 108 cm³/mol. The number of anilines is 1. The summed E-state index contributed by atoms with van der Waals surface area (Å²) in [6.07, 6.45) is 1.84. The number of aromatic nitrogens is 1. The zero-order valence-electron chi connectivity index (χ0n) is 15.6. The van der Waals surface area contributed by atoms with Crippen molar-refractivity contribution in [3.05, 3.63) is 72.4 Å². The summed E-state index contributed by atoms with van der Waals surface area (Å²) in [4.78, 5) is 28.7. The Labute approximate surface area is 162 Å². The fraction of sp³-hybridized carbons (Fsp3) is 0.136. The van der Waals surface area contributed by atoms with E-state index in [-0.39, 0.29) is 0 Å². The third-order valence-corrected chi connectivity index (χ3v) is 4.04. The largest absolute Gasteiger partial charge is 0.495 e. The number of benzene rings is 2. The van der Waals surface area contributed by atoms with Crippen molar-refractivity contribution in [1.29, 1.82) is 0 Å². The summed E-state index contributed by atoms with van der Waals surface area (Å²) in [5.74, 6) is -0.552. The van der Waals surface area contributed by atoms with Crippen LogP contribution >= 0.6 is 0 Å². The van der Waals surface area contributed by atoms with Gasteiger partial charge in [-0.2, -0.15) is 0 Å². The van der Waals surface area contributed by atoms with Crippen molar-refractivity contribution in [3.8, 4) is 5.75 Å². The van der Waals surface area contributed by atoms with E-state index in [1.807, 2.05) is 36.4 Å². The third kappa shape index (κ3) is 4.73. The molecule has 0 aliphatic carbocycles. The lowest BCUT2D eigenvalue weighted by atomic mass is 10.2. The van der Waals surface area contributed by atoms with Crippen LogP contribution in [0.3, 0.4) is 0 Å². The molecule has 1 aromatic heterocycles. The van der Waals surface area contributed by atoms with Crippen LogP contribution in [0.4, 0.5) is 5.69 Å². The van der Waals surface area contributed by atoms with Crippen LogP contribution in [0.5, 0.6) is 5.75 Å². The molecule has 0 saturated carbocycles. The molecule has 1 amide bonds. The fourth-order valence-electron chi connectivity index (χ4n) is 2.58. The van der Waals surface area contributed by atoms with Crippen LogP contribution < -0.4 is 10.1 Å². The molecule has 0 fully saturated rings. The number of hydrogen-bond acceptors (Lipinski definition) is 5. The van der Waals surface area contributed by atoms with E-state index in [1.165, 1.54) is 20.1 Å². The van der Waals surface area contributed by atoms with E-state index in [4.69, 9.17) is 9.47 Å². The van der Waals surface area contributed by atoms with Crippen molar-refractivity contribution in [2.45, 2.75) is 13.0 Å². The lowest BCUT2D eigenvalue weighted by Crippen LogP contribution is -2.29. The summed E-state index contributed by atoms with van der Waals surface area (Å²) in [5, 5.41) is 3.70. The standard InChI is InChI=1S/C22H20N2O4/c1-15(22(26)24-19-9-5-6-10-20(19)27-2)28-21(25)14-13-17-12-11-16-7-3-4-8-18(16)23-17/h3-15H,1-2H3,(H,24,26)/b14-13+. The minimum absolute atomic E-state index is 0.449. The zero-order valence-corrected chi connectivity index (χ0v) is 15.6. The van der Waals surface area contributed by atoms with Crippen molar-refractivity contribution in [3.63, 3.8) is 0 Å². The Balaban J connectivity index is 1.59. The van der Waals surface area contributed by atoms with Gasteiger partial charge in [0, 0.05) is 11.5 Å². The van der Waals surface area contributed by atoms with Gasteiger partial charge in [0.15, 0.2) is 6.10 Å². The summed E-state index contributed by atoms with van der Waals surface area (Å²) in [5.41, 5.74) is 1.97. The minimum atomic E-state index is -0.966. The Morgan fingerprint density at radius 2 is 1.79 bits per heavy atom. The molecular formula is C22H20N2O4. The zero-order chi connectivity index (χ0) is 19.9. The molecule has 1 unspecified atom stereocenters. The molecule has 1 N–H and O–H groups in total. The molecule has 6 heteroatoms. The Bertz CT molecular complexity index is 1030. The highest BCUT2D eigenvalue weighted by atomic mass is 16.5. The van der Waals surface area contributed by atoms with Crippen molar-refractivity contribution >= 4 is 34.5 Å². The van der Waals surface area contributed by atoms with E-state index < -0.39 is 18.0 Å². The number of rotatable bonds is 6. The lowest BCUT2D eigenvalue weighted by Gasteiger charge is -2.14. The maximum absolute atomic E-state index is 12.3. The number of methoxy groups -OCH3 is 1. The van der Waals surface area contributed by atoms with Crippen LogP contribution in [0.1, 0.15) is 12.6 Å². The highest BCUT2D eigenvalue weighted by molar-refractivity contribution is 5.97. The summed E-state index contributed by atoms with van der Waals surface area (Å²) < 4.78 is 10.3. The first kappa shape index (κ1) is 19.1. The maximum Gasteiger partial charge on any atom is 0.331 e. The topological polar surface area (TPSA) is 77.5 Å². The molecule has 0 aliphatic heterocycles. The molecule has 1 atom stereocenters. The molecule has 1 heterocycles. The average Bonchev–Trinajstić information content (AvgIpc) is 2.72. The predicted octanol–water partition coefficient (Wildman–Crippen LogP) is 3.83. The number of carbonyl (C=O) groups is 2. The molecule has 0 saturated heterocycles. The van der Waals surface area contributed by atoms with Crippen molar-refractivity contribution in [2.24, 2.45) is 0 Å². The van der Waals surface area contributed by atoms with Gasteiger partial charge in [-0.1, -0.05) is 36.4 Å². The van der Waals surface area contributed by atoms with Gasteiger partial charge in [-0.05, 0) is 37.3 Å².